The molecule has 1 aromatic carbocycles. The van der Waals surface area contributed by atoms with Crippen molar-refractivity contribution in [2.45, 2.75) is 25.5 Å². The molecule has 0 radical (unpaired) electrons. The monoisotopic (exact) mass is 213 g/mol. The Morgan fingerprint density at radius 2 is 1.93 bits per heavy atom. The van der Waals surface area contributed by atoms with Gasteiger partial charge in [-0.1, -0.05) is 23.7 Å². The molecular weight excluding hydrogens is 198 g/mol. The Morgan fingerprint density at radius 1 is 1.36 bits per heavy atom. The smallest absolute Gasteiger partial charge is 0.0697 e. The van der Waals surface area contributed by atoms with Gasteiger partial charge in [0.25, 0.3) is 0 Å². The molecule has 0 saturated carbocycles. The number of rotatable bonds is 4. The molecule has 3 heteroatoms. The number of halogens is 1. The van der Waals surface area contributed by atoms with E-state index < -0.39 is 0 Å². The molecule has 2 unspecified atom stereocenters. The van der Waals surface area contributed by atoms with E-state index in [0.717, 1.165) is 11.4 Å². The van der Waals surface area contributed by atoms with Gasteiger partial charge in [0.2, 0.25) is 0 Å². The number of hydrogen-bond donors (Lipinski definition) is 1. The SMILES string of the molecule is COC(C)C(N)Cc1ccc(Cl)cc1. The maximum absolute atomic E-state index is 5.94. The van der Waals surface area contributed by atoms with Crippen molar-refractivity contribution in [1.82, 2.24) is 0 Å². The van der Waals surface area contributed by atoms with Gasteiger partial charge < -0.3 is 10.5 Å². The van der Waals surface area contributed by atoms with Crippen molar-refractivity contribution in [3.05, 3.63) is 34.9 Å². The third-order valence-electron chi connectivity index (χ3n) is 2.36. The van der Waals surface area contributed by atoms with Crippen LogP contribution in [0.4, 0.5) is 0 Å². The quantitative estimate of drug-likeness (QED) is 0.833. The molecule has 0 aliphatic rings. The lowest BCUT2D eigenvalue weighted by Crippen LogP contribution is -2.35. The number of ether oxygens (including phenoxy) is 1. The van der Waals surface area contributed by atoms with Crippen LogP contribution in [0.3, 0.4) is 0 Å². The Labute approximate surface area is 90.0 Å². The first-order valence-electron chi connectivity index (χ1n) is 4.66. The van der Waals surface area contributed by atoms with E-state index in [1.807, 2.05) is 31.2 Å². The molecule has 0 heterocycles. The van der Waals surface area contributed by atoms with Crippen molar-refractivity contribution in [2.75, 3.05) is 7.11 Å². The van der Waals surface area contributed by atoms with E-state index in [4.69, 9.17) is 22.1 Å². The molecule has 1 aromatic rings. The van der Waals surface area contributed by atoms with Crippen LogP contribution in [-0.2, 0) is 11.2 Å². The number of hydrogen-bond acceptors (Lipinski definition) is 2. The summed E-state index contributed by atoms with van der Waals surface area (Å²) in [4.78, 5) is 0. The summed E-state index contributed by atoms with van der Waals surface area (Å²) in [5.74, 6) is 0. The van der Waals surface area contributed by atoms with Gasteiger partial charge in [0.05, 0.1) is 6.10 Å². The maximum Gasteiger partial charge on any atom is 0.0697 e. The minimum absolute atomic E-state index is 0.0289. The summed E-state index contributed by atoms with van der Waals surface area (Å²) < 4.78 is 5.16. The van der Waals surface area contributed by atoms with Crippen molar-refractivity contribution in [3.8, 4) is 0 Å². The molecule has 2 N–H and O–H groups in total. The second kappa shape index (κ2) is 5.35. The lowest BCUT2D eigenvalue weighted by molar-refractivity contribution is 0.0956. The van der Waals surface area contributed by atoms with E-state index in [1.54, 1.807) is 7.11 Å². The average Bonchev–Trinajstić information content (AvgIpc) is 2.20. The Balaban J connectivity index is 2.56. The van der Waals surface area contributed by atoms with E-state index >= 15 is 0 Å². The first-order valence-corrected chi connectivity index (χ1v) is 5.04. The molecule has 2 atom stereocenters. The lowest BCUT2D eigenvalue weighted by Gasteiger charge is -2.18. The summed E-state index contributed by atoms with van der Waals surface area (Å²) in [6, 6.07) is 7.76. The molecule has 0 saturated heterocycles. The van der Waals surface area contributed by atoms with Crippen molar-refractivity contribution in [2.24, 2.45) is 5.73 Å². The largest absolute Gasteiger partial charge is 0.380 e. The van der Waals surface area contributed by atoms with Crippen LogP contribution in [0.25, 0.3) is 0 Å². The molecule has 0 spiro atoms. The fourth-order valence-corrected chi connectivity index (χ4v) is 1.36. The van der Waals surface area contributed by atoms with Gasteiger partial charge in [0, 0.05) is 18.2 Å². The summed E-state index contributed by atoms with van der Waals surface area (Å²) in [6.45, 7) is 1.97. The Kier molecular flexibility index (Phi) is 4.39. The van der Waals surface area contributed by atoms with Gasteiger partial charge in [-0.15, -0.1) is 0 Å². The van der Waals surface area contributed by atoms with E-state index in [1.165, 1.54) is 5.56 Å². The van der Waals surface area contributed by atoms with E-state index in [2.05, 4.69) is 0 Å². The van der Waals surface area contributed by atoms with Crippen molar-refractivity contribution >= 4 is 11.6 Å². The van der Waals surface area contributed by atoms with Crippen LogP contribution in [0.2, 0.25) is 5.02 Å². The predicted octanol–water partition coefficient (Wildman–Crippen LogP) is 2.24. The summed E-state index contributed by atoms with van der Waals surface area (Å²) in [5.41, 5.74) is 7.13. The molecule has 1 rings (SSSR count). The highest BCUT2D eigenvalue weighted by atomic mass is 35.5. The molecule has 0 aliphatic heterocycles. The highest BCUT2D eigenvalue weighted by molar-refractivity contribution is 6.30. The molecule has 0 amide bonds. The molecule has 0 bridgehead atoms. The molecule has 0 aromatic heterocycles. The normalized spacial score (nSPS) is 15.1. The Hall–Kier alpha value is -0.570. The van der Waals surface area contributed by atoms with Gasteiger partial charge in [-0.2, -0.15) is 0 Å². The number of nitrogens with two attached hydrogens (primary N) is 1. The topological polar surface area (TPSA) is 35.2 Å². The van der Waals surface area contributed by atoms with Crippen LogP contribution < -0.4 is 5.73 Å². The zero-order valence-corrected chi connectivity index (χ0v) is 9.29. The van der Waals surface area contributed by atoms with Crippen LogP contribution in [0, 0.1) is 0 Å². The Morgan fingerprint density at radius 3 is 2.43 bits per heavy atom. The fraction of sp³-hybridized carbons (Fsp3) is 0.455. The Bertz CT molecular complexity index is 273. The average molecular weight is 214 g/mol. The van der Waals surface area contributed by atoms with Crippen LogP contribution in [0.1, 0.15) is 12.5 Å². The second-order valence-corrected chi connectivity index (χ2v) is 3.87. The summed E-state index contributed by atoms with van der Waals surface area (Å²) in [6.07, 6.45) is 0.886. The zero-order chi connectivity index (χ0) is 10.6. The summed E-state index contributed by atoms with van der Waals surface area (Å²) in [5, 5.41) is 0.752. The highest BCUT2D eigenvalue weighted by Gasteiger charge is 2.11. The second-order valence-electron chi connectivity index (χ2n) is 3.44. The molecule has 0 fully saturated rings. The van der Waals surface area contributed by atoms with Gasteiger partial charge in [-0.05, 0) is 31.0 Å². The van der Waals surface area contributed by atoms with Gasteiger partial charge in [-0.3, -0.25) is 0 Å². The molecule has 0 aliphatic carbocycles. The van der Waals surface area contributed by atoms with Crippen molar-refractivity contribution < 1.29 is 4.74 Å². The van der Waals surface area contributed by atoms with Gasteiger partial charge in [-0.25, -0.2) is 0 Å². The minimum atomic E-state index is 0.0289. The van der Waals surface area contributed by atoms with E-state index in [9.17, 15) is 0 Å². The molecule has 14 heavy (non-hydrogen) atoms. The van der Waals surface area contributed by atoms with Gasteiger partial charge in [0.1, 0.15) is 0 Å². The molecule has 78 valence electrons. The standard InChI is InChI=1S/C11H16ClNO/c1-8(14-2)11(13)7-9-3-5-10(12)6-4-9/h3-6,8,11H,7,13H2,1-2H3. The van der Waals surface area contributed by atoms with Crippen LogP contribution >= 0.6 is 11.6 Å². The summed E-state index contributed by atoms with van der Waals surface area (Å²) in [7, 11) is 1.67. The fourth-order valence-electron chi connectivity index (χ4n) is 1.23. The first kappa shape index (κ1) is 11.5. The minimum Gasteiger partial charge on any atom is -0.380 e. The van der Waals surface area contributed by atoms with Crippen LogP contribution in [0.15, 0.2) is 24.3 Å². The third kappa shape index (κ3) is 3.29. The maximum atomic E-state index is 5.94. The molecular formula is C11H16ClNO. The predicted molar refractivity (Wildman–Crippen MR) is 59.6 cm³/mol. The zero-order valence-electron chi connectivity index (χ0n) is 8.53. The van der Waals surface area contributed by atoms with Gasteiger partial charge >= 0.3 is 0 Å². The van der Waals surface area contributed by atoms with Crippen LogP contribution in [0.5, 0.6) is 0 Å². The number of methoxy groups -OCH3 is 1. The highest BCUT2D eigenvalue weighted by Crippen LogP contribution is 2.11. The summed E-state index contributed by atoms with van der Waals surface area (Å²) >= 11 is 5.78. The molecule has 2 nitrogen and oxygen atoms in total. The van der Waals surface area contributed by atoms with E-state index in [-0.39, 0.29) is 12.1 Å². The van der Waals surface area contributed by atoms with Crippen molar-refractivity contribution in [1.29, 1.82) is 0 Å². The van der Waals surface area contributed by atoms with Gasteiger partial charge in [0.15, 0.2) is 0 Å². The third-order valence-corrected chi connectivity index (χ3v) is 2.61. The number of benzene rings is 1. The first-order chi connectivity index (χ1) is 6.63. The van der Waals surface area contributed by atoms with Crippen molar-refractivity contribution in [3.63, 3.8) is 0 Å². The van der Waals surface area contributed by atoms with Crippen LogP contribution in [-0.4, -0.2) is 19.3 Å². The van der Waals surface area contributed by atoms with E-state index in [0.29, 0.717) is 0 Å². The lowest BCUT2D eigenvalue weighted by atomic mass is 10.0.